The molecule has 3 aromatic rings. The van der Waals surface area contributed by atoms with E-state index in [1.807, 2.05) is 51.1 Å². The van der Waals surface area contributed by atoms with E-state index in [4.69, 9.17) is 23.2 Å². The third-order valence-corrected chi connectivity index (χ3v) is 8.30. The van der Waals surface area contributed by atoms with E-state index in [1.54, 1.807) is 30.3 Å². The third kappa shape index (κ3) is 7.18. The Morgan fingerprint density at radius 1 is 0.947 bits per heavy atom. The average molecular weight is 579 g/mol. The van der Waals surface area contributed by atoms with Gasteiger partial charge in [-0.1, -0.05) is 79.5 Å². The molecule has 0 fully saturated rings. The molecule has 0 unspecified atom stereocenters. The van der Waals surface area contributed by atoms with Gasteiger partial charge in [0.1, 0.15) is 12.6 Å². The summed E-state index contributed by atoms with van der Waals surface area (Å²) < 4.78 is 27.0. The summed E-state index contributed by atoms with van der Waals surface area (Å²) in [5.41, 5.74) is 1.06. The molecule has 7 nitrogen and oxygen atoms in total. The average Bonchev–Trinajstić information content (AvgIpc) is 2.88. The summed E-state index contributed by atoms with van der Waals surface area (Å²) in [5, 5.41) is 5.19. The molecule has 2 atom stereocenters. The predicted octanol–water partition coefficient (Wildman–Crippen LogP) is 5.63. The van der Waals surface area contributed by atoms with Crippen LogP contribution in [-0.2, 0) is 26.2 Å². The number of nitrogens with one attached hydrogen (secondary N) is 1. The van der Waals surface area contributed by atoms with E-state index >= 15 is 0 Å². The first-order valence-corrected chi connectivity index (χ1v) is 15.1. The molecule has 0 heterocycles. The Kier molecular flexibility index (Phi) is 10.0. The predicted molar refractivity (Wildman–Crippen MR) is 155 cm³/mol. The van der Waals surface area contributed by atoms with E-state index in [0.717, 1.165) is 22.4 Å². The van der Waals surface area contributed by atoms with Crippen LogP contribution in [0.4, 0.5) is 5.69 Å². The van der Waals surface area contributed by atoms with Gasteiger partial charge in [0.15, 0.2) is 0 Å². The SMILES string of the molecule is CC[C@@H](C)NC(=O)[C@@H](CC)N(Cc1ccc(Cl)c(Cl)c1)C(=O)CN(c1cccc2ccccc12)S(C)(=O)=O. The molecule has 204 valence electrons. The standard InChI is InChI=1S/C28H33Cl2N3O4S/c1-5-19(3)31-28(35)25(6-2)32(17-20-14-15-23(29)24(30)16-20)27(34)18-33(38(4,36)37)26-13-9-11-21-10-7-8-12-22(21)26/h7-16,19,25H,5-6,17-18H2,1-4H3,(H,31,35)/t19-,25-/m1/s1. The summed E-state index contributed by atoms with van der Waals surface area (Å²) in [6.45, 7) is 5.24. The Morgan fingerprint density at radius 3 is 2.26 bits per heavy atom. The number of sulfonamides is 1. The number of carbonyl (C=O) groups is 2. The highest BCUT2D eigenvalue weighted by Gasteiger charge is 2.32. The zero-order valence-corrected chi connectivity index (χ0v) is 24.3. The van der Waals surface area contributed by atoms with Crippen molar-refractivity contribution in [2.24, 2.45) is 0 Å². The number of anilines is 1. The Hall–Kier alpha value is -2.81. The second kappa shape index (κ2) is 12.8. The molecule has 0 saturated carbocycles. The van der Waals surface area contributed by atoms with E-state index in [-0.39, 0.29) is 18.5 Å². The molecular formula is C28H33Cl2N3O4S. The van der Waals surface area contributed by atoms with Gasteiger partial charge < -0.3 is 10.2 Å². The first kappa shape index (κ1) is 29.7. The largest absolute Gasteiger partial charge is 0.352 e. The lowest BCUT2D eigenvalue weighted by Gasteiger charge is -2.33. The lowest BCUT2D eigenvalue weighted by molar-refractivity contribution is -0.140. The normalized spacial score (nSPS) is 13.1. The van der Waals surface area contributed by atoms with Crippen molar-refractivity contribution in [2.75, 3.05) is 17.1 Å². The number of amides is 2. The van der Waals surface area contributed by atoms with Gasteiger partial charge in [-0.3, -0.25) is 13.9 Å². The molecule has 3 aromatic carbocycles. The van der Waals surface area contributed by atoms with E-state index < -0.39 is 28.5 Å². The third-order valence-electron chi connectivity index (χ3n) is 6.44. The van der Waals surface area contributed by atoms with Crippen molar-refractivity contribution in [1.29, 1.82) is 0 Å². The molecule has 3 rings (SSSR count). The fraction of sp³-hybridized carbons (Fsp3) is 0.357. The van der Waals surface area contributed by atoms with Crippen molar-refractivity contribution in [3.05, 3.63) is 76.3 Å². The van der Waals surface area contributed by atoms with Crippen molar-refractivity contribution in [3.8, 4) is 0 Å². The van der Waals surface area contributed by atoms with Crippen molar-refractivity contribution in [1.82, 2.24) is 10.2 Å². The maximum atomic E-state index is 13.9. The number of fused-ring (bicyclic) bond motifs is 1. The maximum Gasteiger partial charge on any atom is 0.244 e. The van der Waals surface area contributed by atoms with Crippen molar-refractivity contribution < 1.29 is 18.0 Å². The lowest BCUT2D eigenvalue weighted by atomic mass is 10.1. The van der Waals surface area contributed by atoms with E-state index in [1.165, 1.54) is 4.90 Å². The topological polar surface area (TPSA) is 86.8 Å². The minimum atomic E-state index is -3.85. The van der Waals surface area contributed by atoms with Gasteiger partial charge >= 0.3 is 0 Å². The van der Waals surface area contributed by atoms with Crippen molar-refractivity contribution in [2.45, 2.75) is 52.2 Å². The van der Waals surface area contributed by atoms with Gasteiger partial charge in [0.25, 0.3) is 0 Å². The molecule has 0 aliphatic carbocycles. The van der Waals surface area contributed by atoms with Crippen LogP contribution in [-0.4, -0.2) is 50.0 Å². The number of hydrogen-bond donors (Lipinski definition) is 1. The molecular weight excluding hydrogens is 545 g/mol. The Labute approximate surface area is 234 Å². The number of halogens is 2. The van der Waals surface area contributed by atoms with Crippen LogP contribution >= 0.6 is 23.2 Å². The van der Waals surface area contributed by atoms with E-state index in [9.17, 15) is 18.0 Å². The Balaban J connectivity index is 2.04. The highest BCUT2D eigenvalue weighted by atomic mass is 35.5. The van der Waals surface area contributed by atoms with Gasteiger partial charge in [-0.15, -0.1) is 0 Å². The lowest BCUT2D eigenvalue weighted by Crippen LogP contribution is -2.53. The Bertz CT molecular complexity index is 1410. The van der Waals surface area contributed by atoms with E-state index in [2.05, 4.69) is 5.32 Å². The molecule has 2 amide bonds. The molecule has 0 aliphatic heterocycles. The Morgan fingerprint density at radius 2 is 1.63 bits per heavy atom. The van der Waals surface area contributed by atoms with Gasteiger partial charge in [-0.05, 0) is 48.9 Å². The highest BCUT2D eigenvalue weighted by Crippen LogP contribution is 2.29. The molecule has 10 heteroatoms. The van der Waals surface area contributed by atoms with E-state index in [0.29, 0.717) is 33.1 Å². The quantitative estimate of drug-likeness (QED) is 0.319. The number of hydrogen-bond acceptors (Lipinski definition) is 4. The number of benzene rings is 3. The first-order chi connectivity index (χ1) is 18.0. The highest BCUT2D eigenvalue weighted by molar-refractivity contribution is 7.92. The van der Waals surface area contributed by atoms with Crippen LogP contribution < -0.4 is 9.62 Å². The zero-order chi connectivity index (χ0) is 28.0. The minimum absolute atomic E-state index is 0.0509. The molecule has 0 saturated heterocycles. The van der Waals surface area contributed by atoms with Crippen LogP contribution in [0.3, 0.4) is 0 Å². The molecule has 0 aliphatic rings. The van der Waals surface area contributed by atoms with Crippen LogP contribution in [0.1, 0.15) is 39.2 Å². The van der Waals surface area contributed by atoms with Crippen LogP contribution in [0.15, 0.2) is 60.7 Å². The van der Waals surface area contributed by atoms with Crippen LogP contribution in [0, 0.1) is 0 Å². The van der Waals surface area contributed by atoms with Gasteiger partial charge in [0.2, 0.25) is 21.8 Å². The molecule has 1 N–H and O–H groups in total. The number of rotatable bonds is 11. The second-order valence-corrected chi connectivity index (χ2v) is 12.0. The summed E-state index contributed by atoms with van der Waals surface area (Å²) in [6, 6.07) is 16.8. The molecule has 0 spiro atoms. The van der Waals surface area contributed by atoms with Crippen LogP contribution in [0.2, 0.25) is 10.0 Å². The van der Waals surface area contributed by atoms with Gasteiger partial charge in [0.05, 0.1) is 22.0 Å². The summed E-state index contributed by atoms with van der Waals surface area (Å²) in [4.78, 5) is 28.6. The van der Waals surface area contributed by atoms with Crippen LogP contribution in [0.25, 0.3) is 10.8 Å². The fourth-order valence-corrected chi connectivity index (χ4v) is 5.40. The molecule has 38 heavy (non-hydrogen) atoms. The van der Waals surface area contributed by atoms with Gasteiger partial charge in [-0.25, -0.2) is 8.42 Å². The van der Waals surface area contributed by atoms with Crippen molar-refractivity contribution >= 4 is 61.5 Å². The number of nitrogens with zero attached hydrogens (tertiary/aromatic N) is 2. The van der Waals surface area contributed by atoms with Gasteiger partial charge in [0, 0.05) is 18.0 Å². The fourth-order valence-electron chi connectivity index (χ4n) is 4.22. The molecule has 0 aromatic heterocycles. The monoisotopic (exact) mass is 577 g/mol. The second-order valence-electron chi connectivity index (χ2n) is 9.28. The van der Waals surface area contributed by atoms with Crippen molar-refractivity contribution in [3.63, 3.8) is 0 Å². The first-order valence-electron chi connectivity index (χ1n) is 12.5. The minimum Gasteiger partial charge on any atom is -0.352 e. The summed E-state index contributed by atoms with van der Waals surface area (Å²) in [7, 11) is -3.85. The summed E-state index contributed by atoms with van der Waals surface area (Å²) >= 11 is 12.3. The molecule has 0 bridgehead atoms. The maximum absolute atomic E-state index is 13.9. The summed E-state index contributed by atoms with van der Waals surface area (Å²) in [5.74, 6) is -0.813. The van der Waals surface area contributed by atoms with Gasteiger partial charge in [-0.2, -0.15) is 0 Å². The summed E-state index contributed by atoms with van der Waals surface area (Å²) in [6.07, 6.45) is 2.13. The molecule has 0 radical (unpaired) electrons. The smallest absolute Gasteiger partial charge is 0.244 e. The van der Waals surface area contributed by atoms with Crippen LogP contribution in [0.5, 0.6) is 0 Å². The number of carbonyl (C=O) groups excluding carboxylic acids is 2. The zero-order valence-electron chi connectivity index (χ0n) is 21.9.